The average Bonchev–Trinajstić information content (AvgIpc) is 2.36. The highest BCUT2D eigenvalue weighted by molar-refractivity contribution is 5.99. The highest BCUT2D eigenvalue weighted by atomic mass is 16.5. The monoisotopic (exact) mass is 258 g/mol. The summed E-state index contributed by atoms with van der Waals surface area (Å²) in [6, 6.07) is 0. The summed E-state index contributed by atoms with van der Waals surface area (Å²) in [5.41, 5.74) is -1.44. The largest absolute Gasteiger partial charge is 0.480 e. The Balaban J connectivity index is 3.02. The minimum Gasteiger partial charge on any atom is -0.480 e. The molecular weight excluding hydrogens is 236 g/mol. The third-order valence-corrected chi connectivity index (χ3v) is 3.52. The number of carbonyl (C=O) groups is 2. The molecule has 0 aromatic heterocycles. The van der Waals surface area contributed by atoms with Crippen molar-refractivity contribution in [2.75, 3.05) is 19.8 Å². The lowest BCUT2D eigenvalue weighted by molar-refractivity contribution is -0.178. The van der Waals surface area contributed by atoms with Crippen LogP contribution in [0, 0.1) is 11.3 Å². The van der Waals surface area contributed by atoms with Crippen molar-refractivity contribution in [3.05, 3.63) is 0 Å². The molecule has 2 unspecified atom stereocenters. The SMILES string of the molecule is CCCC(C(=O)O)(C(=O)OCC)C1CCCOC1. The number of ether oxygens (including phenoxy) is 2. The summed E-state index contributed by atoms with van der Waals surface area (Å²) >= 11 is 0. The molecule has 0 radical (unpaired) electrons. The van der Waals surface area contributed by atoms with E-state index in [0.717, 1.165) is 6.42 Å². The van der Waals surface area contributed by atoms with Crippen molar-refractivity contribution >= 4 is 11.9 Å². The summed E-state index contributed by atoms with van der Waals surface area (Å²) in [5.74, 6) is -1.99. The van der Waals surface area contributed by atoms with E-state index in [2.05, 4.69) is 0 Å². The lowest BCUT2D eigenvalue weighted by Gasteiger charge is -2.36. The Bertz CT molecular complexity index is 296. The Labute approximate surface area is 107 Å². The van der Waals surface area contributed by atoms with E-state index in [1.807, 2.05) is 6.92 Å². The van der Waals surface area contributed by atoms with Crippen molar-refractivity contribution in [2.45, 2.75) is 39.5 Å². The third kappa shape index (κ3) is 2.83. The second-order valence-corrected chi connectivity index (χ2v) is 4.66. The van der Waals surface area contributed by atoms with E-state index in [-0.39, 0.29) is 12.5 Å². The van der Waals surface area contributed by atoms with Crippen LogP contribution in [0.4, 0.5) is 0 Å². The fraction of sp³-hybridized carbons (Fsp3) is 0.846. The zero-order valence-corrected chi connectivity index (χ0v) is 11.1. The molecule has 18 heavy (non-hydrogen) atoms. The molecule has 0 amide bonds. The van der Waals surface area contributed by atoms with Crippen molar-refractivity contribution < 1.29 is 24.2 Å². The van der Waals surface area contributed by atoms with Crippen LogP contribution in [-0.2, 0) is 19.1 Å². The molecule has 5 heteroatoms. The van der Waals surface area contributed by atoms with Gasteiger partial charge in [-0.3, -0.25) is 9.59 Å². The lowest BCUT2D eigenvalue weighted by atomic mass is 9.70. The maximum atomic E-state index is 12.1. The number of carbonyl (C=O) groups excluding carboxylic acids is 1. The van der Waals surface area contributed by atoms with Crippen LogP contribution in [0.25, 0.3) is 0 Å². The van der Waals surface area contributed by atoms with E-state index in [0.29, 0.717) is 32.5 Å². The number of esters is 1. The predicted octanol–water partition coefficient (Wildman–Crippen LogP) is 1.85. The van der Waals surface area contributed by atoms with Gasteiger partial charge in [0.2, 0.25) is 0 Å². The van der Waals surface area contributed by atoms with Gasteiger partial charge in [0.15, 0.2) is 5.41 Å². The molecule has 1 rings (SSSR count). The first-order valence-corrected chi connectivity index (χ1v) is 6.57. The van der Waals surface area contributed by atoms with Crippen LogP contribution in [0.3, 0.4) is 0 Å². The van der Waals surface area contributed by atoms with E-state index >= 15 is 0 Å². The van der Waals surface area contributed by atoms with E-state index in [1.165, 1.54) is 0 Å². The van der Waals surface area contributed by atoms with Gasteiger partial charge in [-0.2, -0.15) is 0 Å². The lowest BCUT2D eigenvalue weighted by Crippen LogP contribution is -2.49. The molecule has 1 heterocycles. The average molecular weight is 258 g/mol. The Morgan fingerprint density at radius 1 is 1.44 bits per heavy atom. The van der Waals surface area contributed by atoms with Crippen LogP contribution in [0.1, 0.15) is 39.5 Å². The number of carboxylic acids is 1. The maximum Gasteiger partial charge on any atom is 0.323 e. The van der Waals surface area contributed by atoms with Gasteiger partial charge in [-0.1, -0.05) is 13.3 Å². The molecule has 1 saturated heterocycles. The van der Waals surface area contributed by atoms with E-state index < -0.39 is 17.4 Å². The second-order valence-electron chi connectivity index (χ2n) is 4.66. The van der Waals surface area contributed by atoms with Crippen LogP contribution in [0.15, 0.2) is 0 Å². The van der Waals surface area contributed by atoms with Crippen molar-refractivity contribution in [3.8, 4) is 0 Å². The number of aliphatic carboxylic acids is 1. The molecule has 5 nitrogen and oxygen atoms in total. The Kier molecular flexibility index (Phi) is 5.59. The van der Waals surface area contributed by atoms with Gasteiger partial charge in [0.05, 0.1) is 13.2 Å². The van der Waals surface area contributed by atoms with Crippen molar-refractivity contribution in [2.24, 2.45) is 11.3 Å². The molecule has 0 spiro atoms. The molecule has 0 bridgehead atoms. The predicted molar refractivity (Wildman–Crippen MR) is 65.2 cm³/mol. The molecule has 1 N–H and O–H groups in total. The highest BCUT2D eigenvalue weighted by Crippen LogP contribution is 2.39. The van der Waals surface area contributed by atoms with Crippen molar-refractivity contribution in [1.29, 1.82) is 0 Å². The summed E-state index contributed by atoms with van der Waals surface area (Å²) in [6.45, 7) is 4.73. The summed E-state index contributed by atoms with van der Waals surface area (Å²) in [7, 11) is 0. The Hall–Kier alpha value is -1.10. The van der Waals surface area contributed by atoms with E-state index in [4.69, 9.17) is 9.47 Å². The highest BCUT2D eigenvalue weighted by Gasteiger charge is 2.53. The third-order valence-electron chi connectivity index (χ3n) is 3.52. The molecule has 1 aliphatic rings. The zero-order chi connectivity index (χ0) is 13.6. The minimum atomic E-state index is -1.44. The van der Waals surface area contributed by atoms with Gasteiger partial charge in [-0.25, -0.2) is 0 Å². The number of hydrogen-bond donors (Lipinski definition) is 1. The maximum absolute atomic E-state index is 12.1. The van der Waals surface area contributed by atoms with Crippen LogP contribution in [0.2, 0.25) is 0 Å². The van der Waals surface area contributed by atoms with Crippen LogP contribution in [0.5, 0.6) is 0 Å². The van der Waals surface area contributed by atoms with E-state index in [9.17, 15) is 14.7 Å². The molecule has 1 aliphatic heterocycles. The fourth-order valence-electron chi connectivity index (χ4n) is 2.63. The molecule has 0 aromatic carbocycles. The smallest absolute Gasteiger partial charge is 0.323 e. The first kappa shape index (κ1) is 15.0. The van der Waals surface area contributed by atoms with Crippen LogP contribution < -0.4 is 0 Å². The number of carboxylic acid groups (broad SMARTS) is 1. The first-order chi connectivity index (χ1) is 8.59. The van der Waals surface area contributed by atoms with Gasteiger partial charge in [-0.05, 0) is 26.2 Å². The topological polar surface area (TPSA) is 72.8 Å². The van der Waals surface area contributed by atoms with Gasteiger partial charge in [0.25, 0.3) is 0 Å². The van der Waals surface area contributed by atoms with Crippen LogP contribution in [-0.4, -0.2) is 36.9 Å². The van der Waals surface area contributed by atoms with Gasteiger partial charge >= 0.3 is 11.9 Å². The van der Waals surface area contributed by atoms with Crippen molar-refractivity contribution in [1.82, 2.24) is 0 Å². The van der Waals surface area contributed by atoms with Gasteiger partial charge < -0.3 is 14.6 Å². The fourth-order valence-corrected chi connectivity index (χ4v) is 2.63. The molecule has 104 valence electrons. The minimum absolute atomic E-state index is 0.200. The standard InChI is InChI=1S/C13H22O5/c1-3-7-13(11(14)15,12(16)18-4-2)10-6-5-8-17-9-10/h10H,3-9H2,1-2H3,(H,14,15). The molecular formula is C13H22O5. The summed E-state index contributed by atoms with van der Waals surface area (Å²) in [4.78, 5) is 23.8. The number of hydrogen-bond acceptors (Lipinski definition) is 4. The number of rotatable bonds is 6. The molecule has 0 aliphatic carbocycles. The normalized spacial score (nSPS) is 23.1. The first-order valence-electron chi connectivity index (χ1n) is 6.57. The molecule has 2 atom stereocenters. The van der Waals surface area contributed by atoms with Gasteiger partial charge in [0, 0.05) is 12.5 Å². The molecule has 1 fully saturated rings. The quantitative estimate of drug-likeness (QED) is 0.581. The van der Waals surface area contributed by atoms with Gasteiger partial charge in [-0.15, -0.1) is 0 Å². The van der Waals surface area contributed by atoms with Crippen molar-refractivity contribution in [3.63, 3.8) is 0 Å². The van der Waals surface area contributed by atoms with Gasteiger partial charge in [0.1, 0.15) is 0 Å². The summed E-state index contributed by atoms with van der Waals surface area (Å²) in [6.07, 6.45) is 2.42. The van der Waals surface area contributed by atoms with Crippen LogP contribution >= 0.6 is 0 Å². The summed E-state index contributed by atoms with van der Waals surface area (Å²) in [5, 5.41) is 9.55. The second kappa shape index (κ2) is 6.73. The molecule has 0 aromatic rings. The Morgan fingerprint density at radius 3 is 2.61 bits per heavy atom. The summed E-state index contributed by atoms with van der Waals surface area (Å²) < 4.78 is 10.3. The van der Waals surface area contributed by atoms with E-state index in [1.54, 1.807) is 6.92 Å². The molecule has 0 saturated carbocycles. The zero-order valence-electron chi connectivity index (χ0n) is 11.1. The Morgan fingerprint density at radius 2 is 2.17 bits per heavy atom.